The smallest absolute Gasteiger partial charge is 0.306 e. The number of carbonyl (C=O) groups is 1. The molecule has 23 heavy (non-hydrogen) atoms. The van der Waals surface area contributed by atoms with E-state index in [1.807, 2.05) is 12.1 Å². The Morgan fingerprint density at radius 3 is 2.13 bits per heavy atom. The number of hydrogen-bond donors (Lipinski definition) is 1. The van der Waals surface area contributed by atoms with E-state index < -0.39 is 5.97 Å². The van der Waals surface area contributed by atoms with Crippen molar-refractivity contribution in [2.45, 2.75) is 51.4 Å². The molecule has 0 radical (unpaired) electrons. The predicted octanol–water partition coefficient (Wildman–Crippen LogP) is 4.30. The summed E-state index contributed by atoms with van der Waals surface area (Å²) in [7, 11) is 0. The van der Waals surface area contributed by atoms with Crippen molar-refractivity contribution < 1.29 is 14.6 Å². The number of benzene rings is 1. The summed E-state index contributed by atoms with van der Waals surface area (Å²) >= 11 is 0. The first kappa shape index (κ1) is 15.0. The minimum atomic E-state index is -0.816. The highest BCUT2D eigenvalue weighted by molar-refractivity contribution is 5.66. The van der Waals surface area contributed by atoms with Gasteiger partial charge >= 0.3 is 5.97 Å². The Labute approximate surface area is 138 Å². The number of carboxylic acid groups (broad SMARTS) is 1. The Bertz CT molecular complexity index is 540. The van der Waals surface area contributed by atoms with Gasteiger partial charge in [-0.3, -0.25) is 4.79 Å². The maximum atomic E-state index is 10.5. The van der Waals surface area contributed by atoms with Crippen LogP contribution < -0.4 is 4.74 Å². The summed E-state index contributed by atoms with van der Waals surface area (Å²) in [6.07, 6.45) is 10.1. The molecule has 4 bridgehead atoms. The fourth-order valence-electron chi connectivity index (χ4n) is 5.90. The summed E-state index contributed by atoms with van der Waals surface area (Å²) in [5.74, 6) is 2.96. The normalized spacial score (nSPS) is 34.5. The zero-order valence-corrected chi connectivity index (χ0v) is 13.7. The summed E-state index contributed by atoms with van der Waals surface area (Å²) < 4.78 is 5.48. The average molecular weight is 314 g/mol. The summed E-state index contributed by atoms with van der Waals surface area (Å²) in [4.78, 5) is 10.5. The number of ether oxygens (including phenoxy) is 1. The van der Waals surface area contributed by atoms with E-state index in [2.05, 4.69) is 12.1 Å². The van der Waals surface area contributed by atoms with Crippen molar-refractivity contribution in [2.75, 3.05) is 6.61 Å². The van der Waals surface area contributed by atoms with E-state index in [0.29, 0.717) is 5.41 Å². The molecule has 124 valence electrons. The van der Waals surface area contributed by atoms with Crippen LogP contribution in [0.15, 0.2) is 24.3 Å². The van der Waals surface area contributed by atoms with E-state index in [9.17, 15) is 4.79 Å². The second-order valence-corrected chi connectivity index (χ2v) is 8.23. The summed E-state index contributed by atoms with van der Waals surface area (Å²) in [6.45, 7) is 0.240. The number of carboxylic acids is 1. The predicted molar refractivity (Wildman–Crippen MR) is 88.5 cm³/mol. The van der Waals surface area contributed by atoms with Gasteiger partial charge in [0.05, 0.1) is 13.0 Å². The van der Waals surface area contributed by atoms with Crippen LogP contribution in [0.1, 0.15) is 50.5 Å². The third-order valence-corrected chi connectivity index (χ3v) is 6.25. The lowest BCUT2D eigenvalue weighted by Gasteiger charge is -2.57. The summed E-state index contributed by atoms with van der Waals surface area (Å²) in [5.41, 5.74) is 1.98. The molecule has 4 aliphatic rings. The molecule has 0 spiro atoms. The lowest BCUT2D eigenvalue weighted by Crippen LogP contribution is -2.47. The van der Waals surface area contributed by atoms with Gasteiger partial charge in [-0.2, -0.15) is 0 Å². The molecule has 3 nitrogen and oxygen atoms in total. The highest BCUT2D eigenvalue weighted by Gasteiger charge is 2.50. The lowest BCUT2D eigenvalue weighted by atomic mass is 9.48. The third kappa shape index (κ3) is 3.24. The Morgan fingerprint density at radius 2 is 1.61 bits per heavy atom. The highest BCUT2D eigenvalue weighted by atomic mass is 16.5. The van der Waals surface area contributed by atoms with Gasteiger partial charge in [-0.1, -0.05) is 12.1 Å². The topological polar surface area (TPSA) is 46.5 Å². The van der Waals surface area contributed by atoms with E-state index >= 15 is 0 Å². The molecule has 4 fully saturated rings. The minimum Gasteiger partial charge on any atom is -0.493 e. The van der Waals surface area contributed by atoms with Gasteiger partial charge in [-0.25, -0.2) is 0 Å². The minimum absolute atomic E-state index is 0.0506. The SMILES string of the molecule is O=C(O)CCOc1ccc(CC23CC4CC(CC(C4)C2)C3)cc1. The van der Waals surface area contributed by atoms with Gasteiger partial charge < -0.3 is 9.84 Å². The maximum absolute atomic E-state index is 10.5. The molecule has 1 N–H and O–H groups in total. The molecule has 0 heterocycles. The molecule has 4 saturated carbocycles. The van der Waals surface area contributed by atoms with Crippen molar-refractivity contribution in [3.63, 3.8) is 0 Å². The van der Waals surface area contributed by atoms with Crippen LogP contribution in [0.5, 0.6) is 5.75 Å². The molecule has 1 aromatic rings. The van der Waals surface area contributed by atoms with Gasteiger partial charge in [0.25, 0.3) is 0 Å². The fraction of sp³-hybridized carbons (Fsp3) is 0.650. The molecule has 3 heteroatoms. The molecule has 0 aromatic heterocycles. The van der Waals surface area contributed by atoms with Gasteiger partial charge in [-0.15, -0.1) is 0 Å². The van der Waals surface area contributed by atoms with E-state index in [0.717, 1.165) is 23.5 Å². The van der Waals surface area contributed by atoms with Crippen molar-refractivity contribution in [3.05, 3.63) is 29.8 Å². The number of aliphatic carboxylic acids is 1. The van der Waals surface area contributed by atoms with Crippen molar-refractivity contribution in [3.8, 4) is 5.75 Å². The Hall–Kier alpha value is -1.51. The molecule has 0 saturated heterocycles. The maximum Gasteiger partial charge on any atom is 0.306 e. The van der Waals surface area contributed by atoms with Crippen LogP contribution in [-0.4, -0.2) is 17.7 Å². The molecule has 1 aromatic carbocycles. The van der Waals surface area contributed by atoms with Crippen LogP contribution in [-0.2, 0) is 11.2 Å². The quantitative estimate of drug-likeness (QED) is 0.851. The standard InChI is InChI=1S/C20H26O3/c21-19(22)5-6-23-18-3-1-14(2-4-18)10-20-11-15-7-16(12-20)9-17(8-15)13-20/h1-4,15-17H,5-13H2,(H,21,22). The van der Waals surface area contributed by atoms with Crippen molar-refractivity contribution in [1.82, 2.24) is 0 Å². The van der Waals surface area contributed by atoms with Gasteiger partial charge in [0.1, 0.15) is 5.75 Å². The number of rotatable bonds is 6. The molecular weight excluding hydrogens is 288 g/mol. The average Bonchev–Trinajstić information content (AvgIpc) is 2.47. The lowest BCUT2D eigenvalue weighted by molar-refractivity contribution is -0.137. The Balaban J connectivity index is 1.38. The molecular formula is C20H26O3. The molecule has 0 unspecified atom stereocenters. The van der Waals surface area contributed by atoms with Crippen LogP contribution in [0.4, 0.5) is 0 Å². The molecule has 5 rings (SSSR count). The van der Waals surface area contributed by atoms with Gasteiger partial charge in [0, 0.05) is 0 Å². The zero-order valence-electron chi connectivity index (χ0n) is 13.7. The second-order valence-electron chi connectivity index (χ2n) is 8.23. The van der Waals surface area contributed by atoms with Gasteiger partial charge in [-0.05, 0) is 85.8 Å². The van der Waals surface area contributed by atoms with E-state index in [1.165, 1.54) is 50.5 Å². The first-order valence-electron chi connectivity index (χ1n) is 9.04. The largest absolute Gasteiger partial charge is 0.493 e. The van der Waals surface area contributed by atoms with E-state index in [4.69, 9.17) is 9.84 Å². The number of hydrogen-bond acceptors (Lipinski definition) is 2. The second kappa shape index (κ2) is 5.85. The van der Waals surface area contributed by atoms with Crippen LogP contribution in [0.25, 0.3) is 0 Å². The summed E-state index contributed by atoms with van der Waals surface area (Å²) in [5, 5.41) is 8.65. The van der Waals surface area contributed by atoms with Crippen LogP contribution in [0.3, 0.4) is 0 Å². The van der Waals surface area contributed by atoms with Crippen molar-refractivity contribution >= 4 is 5.97 Å². The fourth-order valence-corrected chi connectivity index (χ4v) is 5.90. The van der Waals surface area contributed by atoms with Gasteiger partial charge in [0.2, 0.25) is 0 Å². The molecule has 4 aliphatic carbocycles. The van der Waals surface area contributed by atoms with Crippen LogP contribution >= 0.6 is 0 Å². The molecule has 0 atom stereocenters. The Kier molecular flexibility index (Phi) is 3.82. The Morgan fingerprint density at radius 1 is 1.04 bits per heavy atom. The van der Waals surface area contributed by atoms with E-state index in [1.54, 1.807) is 0 Å². The van der Waals surface area contributed by atoms with Crippen molar-refractivity contribution in [1.29, 1.82) is 0 Å². The zero-order chi connectivity index (χ0) is 15.9. The van der Waals surface area contributed by atoms with Gasteiger partial charge in [0.15, 0.2) is 0 Å². The van der Waals surface area contributed by atoms with Crippen LogP contribution in [0, 0.1) is 23.2 Å². The van der Waals surface area contributed by atoms with E-state index in [-0.39, 0.29) is 13.0 Å². The molecule has 0 aliphatic heterocycles. The molecule has 0 amide bonds. The third-order valence-electron chi connectivity index (χ3n) is 6.25. The first-order chi connectivity index (χ1) is 11.1. The van der Waals surface area contributed by atoms with Crippen molar-refractivity contribution in [2.24, 2.45) is 23.2 Å². The van der Waals surface area contributed by atoms with Crippen LogP contribution in [0.2, 0.25) is 0 Å². The highest BCUT2D eigenvalue weighted by Crippen LogP contribution is 2.61. The monoisotopic (exact) mass is 314 g/mol. The first-order valence-corrected chi connectivity index (χ1v) is 9.04. The summed E-state index contributed by atoms with van der Waals surface area (Å²) in [6, 6.07) is 8.35.